The van der Waals surface area contributed by atoms with E-state index >= 15 is 0 Å². The predicted molar refractivity (Wildman–Crippen MR) is 124 cm³/mol. The molecule has 0 spiro atoms. The van der Waals surface area contributed by atoms with Crippen LogP contribution in [0.5, 0.6) is 0 Å². The van der Waals surface area contributed by atoms with Gasteiger partial charge in [-0.3, -0.25) is 9.69 Å². The fourth-order valence-electron chi connectivity index (χ4n) is 4.62. The average molecular weight is 413 g/mol. The fraction of sp³-hybridized carbons (Fsp3) is 0.308. The SMILES string of the molecule is CCCc1nc2c(c(=O)[nH]1)CN(Cc1cn(Cc3ccccc3)c3ccccc13)CC2. The van der Waals surface area contributed by atoms with Gasteiger partial charge in [0.25, 0.3) is 5.56 Å². The normalized spacial score (nSPS) is 14.1. The van der Waals surface area contributed by atoms with E-state index in [0.717, 1.165) is 56.0 Å². The van der Waals surface area contributed by atoms with E-state index in [9.17, 15) is 4.79 Å². The van der Waals surface area contributed by atoms with Crippen LogP contribution < -0.4 is 5.56 Å². The Bertz CT molecular complexity index is 1260. The van der Waals surface area contributed by atoms with E-state index in [4.69, 9.17) is 4.98 Å². The molecule has 0 saturated heterocycles. The largest absolute Gasteiger partial charge is 0.343 e. The highest BCUT2D eigenvalue weighted by Crippen LogP contribution is 2.25. The third-order valence-corrected chi connectivity index (χ3v) is 6.14. The molecule has 0 aliphatic carbocycles. The van der Waals surface area contributed by atoms with Crippen LogP contribution in [0.2, 0.25) is 0 Å². The van der Waals surface area contributed by atoms with Crippen molar-refractivity contribution in [1.82, 2.24) is 19.4 Å². The summed E-state index contributed by atoms with van der Waals surface area (Å²) in [6, 6.07) is 19.2. The third-order valence-electron chi connectivity index (χ3n) is 6.14. The molecular formula is C26H28N4O. The summed E-state index contributed by atoms with van der Waals surface area (Å²) in [7, 11) is 0. The Hall–Kier alpha value is -3.18. The van der Waals surface area contributed by atoms with Crippen molar-refractivity contribution in [2.75, 3.05) is 6.54 Å². The highest BCUT2D eigenvalue weighted by atomic mass is 16.1. The van der Waals surface area contributed by atoms with Gasteiger partial charge < -0.3 is 9.55 Å². The molecule has 3 heterocycles. The molecule has 0 bridgehead atoms. The van der Waals surface area contributed by atoms with Crippen molar-refractivity contribution in [2.24, 2.45) is 0 Å². The molecule has 0 radical (unpaired) electrons. The molecular weight excluding hydrogens is 384 g/mol. The number of aromatic amines is 1. The number of para-hydroxylation sites is 1. The van der Waals surface area contributed by atoms with Gasteiger partial charge in [-0.25, -0.2) is 4.98 Å². The highest BCUT2D eigenvalue weighted by molar-refractivity contribution is 5.84. The molecule has 5 nitrogen and oxygen atoms in total. The second-order valence-corrected chi connectivity index (χ2v) is 8.43. The summed E-state index contributed by atoms with van der Waals surface area (Å²) in [6.45, 7) is 5.37. The van der Waals surface area contributed by atoms with Crippen molar-refractivity contribution in [3.8, 4) is 0 Å². The fourth-order valence-corrected chi connectivity index (χ4v) is 4.62. The van der Waals surface area contributed by atoms with E-state index in [1.165, 1.54) is 22.0 Å². The molecule has 1 aliphatic rings. The third kappa shape index (κ3) is 4.06. The Labute approximate surface area is 182 Å². The first-order valence-corrected chi connectivity index (χ1v) is 11.1. The molecule has 5 heteroatoms. The maximum atomic E-state index is 12.7. The first-order valence-electron chi connectivity index (χ1n) is 11.1. The molecule has 2 aromatic heterocycles. The monoisotopic (exact) mass is 412 g/mol. The minimum Gasteiger partial charge on any atom is -0.343 e. The Morgan fingerprint density at radius 1 is 1.03 bits per heavy atom. The maximum Gasteiger partial charge on any atom is 0.255 e. The number of hydrogen-bond acceptors (Lipinski definition) is 3. The number of aromatic nitrogens is 3. The molecule has 1 N–H and O–H groups in total. The predicted octanol–water partition coefficient (Wildman–Crippen LogP) is 4.28. The first-order chi connectivity index (χ1) is 15.2. The average Bonchev–Trinajstić information content (AvgIpc) is 3.12. The molecule has 1 aliphatic heterocycles. The van der Waals surface area contributed by atoms with Gasteiger partial charge in [0.1, 0.15) is 5.82 Å². The van der Waals surface area contributed by atoms with Crippen LogP contribution in [-0.4, -0.2) is 26.0 Å². The van der Waals surface area contributed by atoms with Crippen LogP contribution in [0.4, 0.5) is 0 Å². The maximum absolute atomic E-state index is 12.7. The minimum absolute atomic E-state index is 0.0321. The van der Waals surface area contributed by atoms with Gasteiger partial charge >= 0.3 is 0 Å². The molecule has 0 saturated carbocycles. The Kier molecular flexibility index (Phi) is 5.43. The van der Waals surface area contributed by atoms with E-state index in [-0.39, 0.29) is 5.56 Å². The standard InChI is InChI=1S/C26H28N4O/c1-2-8-25-27-23-13-14-29(18-22(23)26(31)28-25)16-20-17-30(15-19-9-4-3-5-10-19)24-12-7-6-11-21(20)24/h3-7,9-12,17H,2,8,13-16,18H2,1H3,(H,27,28,31). The van der Waals surface area contributed by atoms with Gasteiger partial charge in [-0.1, -0.05) is 55.5 Å². The number of fused-ring (bicyclic) bond motifs is 2. The molecule has 0 fully saturated rings. The zero-order chi connectivity index (χ0) is 21.2. The number of benzene rings is 2. The van der Waals surface area contributed by atoms with Crippen LogP contribution >= 0.6 is 0 Å². The van der Waals surface area contributed by atoms with Crippen LogP contribution in [-0.2, 0) is 32.5 Å². The molecule has 0 amide bonds. The molecule has 0 atom stereocenters. The lowest BCUT2D eigenvalue weighted by Gasteiger charge is -2.27. The summed E-state index contributed by atoms with van der Waals surface area (Å²) in [5, 5.41) is 1.29. The van der Waals surface area contributed by atoms with E-state index < -0.39 is 0 Å². The van der Waals surface area contributed by atoms with Crippen LogP contribution in [0.15, 0.2) is 65.6 Å². The minimum atomic E-state index is 0.0321. The van der Waals surface area contributed by atoms with Gasteiger partial charge in [-0.05, 0) is 23.6 Å². The molecule has 5 rings (SSSR count). The van der Waals surface area contributed by atoms with E-state index in [1.54, 1.807) is 0 Å². The lowest BCUT2D eigenvalue weighted by atomic mass is 10.1. The van der Waals surface area contributed by atoms with Crippen molar-refractivity contribution in [3.63, 3.8) is 0 Å². The first kappa shape index (κ1) is 19.8. The number of nitrogens with one attached hydrogen (secondary N) is 1. The summed E-state index contributed by atoms with van der Waals surface area (Å²) in [4.78, 5) is 22.7. The number of rotatable bonds is 6. The Morgan fingerprint density at radius 2 is 1.84 bits per heavy atom. The molecule has 2 aromatic carbocycles. The van der Waals surface area contributed by atoms with Crippen LogP contribution in [0.25, 0.3) is 10.9 Å². The van der Waals surface area contributed by atoms with Crippen molar-refractivity contribution < 1.29 is 0 Å². The Balaban J connectivity index is 1.41. The van der Waals surface area contributed by atoms with Crippen LogP contribution in [0.3, 0.4) is 0 Å². The zero-order valence-electron chi connectivity index (χ0n) is 18.0. The Morgan fingerprint density at radius 3 is 2.68 bits per heavy atom. The lowest BCUT2D eigenvalue weighted by molar-refractivity contribution is 0.242. The number of aryl methyl sites for hydroxylation is 1. The van der Waals surface area contributed by atoms with Crippen molar-refractivity contribution >= 4 is 10.9 Å². The summed E-state index contributed by atoms with van der Waals surface area (Å²) < 4.78 is 2.34. The molecule has 4 aromatic rings. The molecule has 31 heavy (non-hydrogen) atoms. The van der Waals surface area contributed by atoms with E-state index in [2.05, 4.69) is 82.2 Å². The summed E-state index contributed by atoms with van der Waals surface area (Å²) >= 11 is 0. The second kappa shape index (κ2) is 8.52. The van der Waals surface area contributed by atoms with Crippen molar-refractivity contribution in [2.45, 2.75) is 45.8 Å². The molecule has 158 valence electrons. The number of hydrogen-bond donors (Lipinski definition) is 1. The highest BCUT2D eigenvalue weighted by Gasteiger charge is 2.22. The van der Waals surface area contributed by atoms with Gasteiger partial charge in [0.2, 0.25) is 0 Å². The van der Waals surface area contributed by atoms with Gasteiger partial charge in [0, 0.05) is 56.1 Å². The number of H-pyrrole nitrogens is 1. The topological polar surface area (TPSA) is 53.9 Å². The zero-order valence-corrected chi connectivity index (χ0v) is 18.0. The van der Waals surface area contributed by atoms with Crippen LogP contribution in [0, 0.1) is 0 Å². The van der Waals surface area contributed by atoms with Gasteiger partial charge in [0.05, 0.1) is 11.3 Å². The van der Waals surface area contributed by atoms with E-state index in [0.29, 0.717) is 6.54 Å². The van der Waals surface area contributed by atoms with Gasteiger partial charge in [0.15, 0.2) is 0 Å². The summed E-state index contributed by atoms with van der Waals surface area (Å²) in [6.07, 6.45) is 4.92. The quantitative estimate of drug-likeness (QED) is 0.514. The number of nitrogens with zero attached hydrogens (tertiary/aromatic N) is 3. The summed E-state index contributed by atoms with van der Waals surface area (Å²) in [5.41, 5.74) is 5.70. The smallest absolute Gasteiger partial charge is 0.255 e. The lowest BCUT2D eigenvalue weighted by Crippen LogP contribution is -2.35. The van der Waals surface area contributed by atoms with Gasteiger partial charge in [-0.15, -0.1) is 0 Å². The van der Waals surface area contributed by atoms with Crippen molar-refractivity contribution in [3.05, 3.63) is 99.4 Å². The van der Waals surface area contributed by atoms with Crippen molar-refractivity contribution in [1.29, 1.82) is 0 Å². The van der Waals surface area contributed by atoms with E-state index in [1.807, 2.05) is 0 Å². The van der Waals surface area contributed by atoms with Gasteiger partial charge in [-0.2, -0.15) is 0 Å². The second-order valence-electron chi connectivity index (χ2n) is 8.43. The summed E-state index contributed by atoms with van der Waals surface area (Å²) in [5.74, 6) is 0.823. The van der Waals surface area contributed by atoms with Crippen LogP contribution in [0.1, 0.15) is 41.6 Å². The molecule has 0 unspecified atom stereocenters.